The van der Waals surface area contributed by atoms with Crippen LogP contribution in [0.3, 0.4) is 0 Å². The fourth-order valence-electron chi connectivity index (χ4n) is 5.39. The van der Waals surface area contributed by atoms with Crippen molar-refractivity contribution in [1.29, 1.82) is 0 Å². The number of thiol groups is 1. The summed E-state index contributed by atoms with van der Waals surface area (Å²) >= 11 is 15.7. The minimum atomic E-state index is 0.252. The zero-order valence-electron chi connectivity index (χ0n) is 27.1. The van der Waals surface area contributed by atoms with Gasteiger partial charge in [0.15, 0.2) is 0 Å². The van der Waals surface area contributed by atoms with Crippen LogP contribution in [0.25, 0.3) is 0 Å². The third-order valence-electron chi connectivity index (χ3n) is 8.15. The van der Waals surface area contributed by atoms with Crippen molar-refractivity contribution in [3.05, 3.63) is 0 Å². The average molecular weight is 615 g/mol. The average Bonchev–Trinajstić information content (AvgIpc) is 2.96. The Morgan fingerprint density at radius 3 is 1.10 bits per heavy atom. The van der Waals surface area contributed by atoms with Crippen molar-refractivity contribution in [2.45, 2.75) is 200 Å². The summed E-state index contributed by atoms with van der Waals surface area (Å²) in [5.74, 6) is 0.771. The molecule has 0 aromatic heterocycles. The molecule has 0 saturated heterocycles. The summed E-state index contributed by atoms with van der Waals surface area (Å²) in [6.07, 6.45) is 38.1. The normalized spacial score (nSPS) is 12.0. The van der Waals surface area contributed by atoms with E-state index < -0.39 is 0 Å². The van der Waals surface area contributed by atoms with E-state index in [1.165, 1.54) is 167 Å². The van der Waals surface area contributed by atoms with Crippen molar-refractivity contribution in [2.75, 3.05) is 12.3 Å². The maximum atomic E-state index is 5.62. The first-order valence-electron chi connectivity index (χ1n) is 17.8. The number of thiocarbonyl (C=S) groups is 2. The fraction of sp³-hybridized carbons (Fsp3) is 0.943. The molecule has 0 heterocycles. The van der Waals surface area contributed by atoms with Crippen molar-refractivity contribution >= 4 is 47.0 Å². The molecule has 5 heteroatoms. The van der Waals surface area contributed by atoms with Crippen molar-refractivity contribution in [1.82, 2.24) is 10.6 Å². The second-order valence-corrected chi connectivity index (χ2v) is 13.6. The molecule has 2 N–H and O–H groups in total. The van der Waals surface area contributed by atoms with Crippen LogP contribution < -0.4 is 10.6 Å². The molecule has 0 bridgehead atoms. The maximum absolute atomic E-state index is 5.62. The van der Waals surface area contributed by atoms with Gasteiger partial charge in [-0.25, -0.2) is 0 Å². The molecule has 0 spiro atoms. The molecule has 2 nitrogen and oxygen atoms in total. The molecular weight excluding hydrogens is 545 g/mol. The van der Waals surface area contributed by atoms with E-state index in [2.05, 4.69) is 37.1 Å². The molecule has 0 fully saturated rings. The van der Waals surface area contributed by atoms with Gasteiger partial charge in [-0.3, -0.25) is 0 Å². The molecule has 0 aliphatic heterocycles. The summed E-state index contributed by atoms with van der Waals surface area (Å²) in [6.45, 7) is 5.40. The molecule has 40 heavy (non-hydrogen) atoms. The van der Waals surface area contributed by atoms with Crippen molar-refractivity contribution in [3.8, 4) is 0 Å². The number of unbranched alkanes of at least 4 members (excludes halogenated alkanes) is 24. The summed E-state index contributed by atoms with van der Waals surface area (Å²) in [6, 6.07) is 0.252. The largest absolute Gasteiger partial charge is 0.378 e. The highest BCUT2D eigenvalue weighted by molar-refractivity contribution is 7.80. The quantitative estimate of drug-likeness (QED) is 0.0398. The molecule has 1 atom stereocenters. The van der Waals surface area contributed by atoms with Crippen molar-refractivity contribution < 1.29 is 0 Å². The molecule has 0 rings (SSSR count). The predicted octanol–water partition coefficient (Wildman–Crippen LogP) is 12.1. The van der Waals surface area contributed by atoms with Gasteiger partial charge in [0.05, 0.1) is 16.0 Å². The van der Waals surface area contributed by atoms with Crippen LogP contribution in [0.15, 0.2) is 0 Å². The summed E-state index contributed by atoms with van der Waals surface area (Å²) in [5, 5.41) is 6.98. The van der Waals surface area contributed by atoms with E-state index in [-0.39, 0.29) is 6.04 Å². The molecule has 0 aromatic carbocycles. The van der Waals surface area contributed by atoms with Gasteiger partial charge in [-0.05, 0) is 25.7 Å². The Morgan fingerprint density at radius 1 is 0.475 bits per heavy atom. The van der Waals surface area contributed by atoms with Crippen LogP contribution in [0.1, 0.15) is 194 Å². The molecular formula is C35H70N2S3. The molecule has 0 saturated carbocycles. The zero-order chi connectivity index (χ0) is 29.4. The van der Waals surface area contributed by atoms with Gasteiger partial charge in [0, 0.05) is 12.3 Å². The highest BCUT2D eigenvalue weighted by atomic mass is 32.1. The van der Waals surface area contributed by atoms with E-state index in [0.29, 0.717) is 0 Å². The Hall–Kier alpha value is 0.130. The van der Waals surface area contributed by atoms with Crippen LogP contribution in [0, 0.1) is 0 Å². The lowest BCUT2D eigenvalue weighted by atomic mass is 10.0. The molecule has 0 radical (unpaired) electrons. The molecule has 1 unspecified atom stereocenters. The highest BCUT2D eigenvalue weighted by Gasteiger charge is 2.09. The Balaban J connectivity index is 3.53. The monoisotopic (exact) mass is 614 g/mol. The first kappa shape index (κ1) is 40.1. The minimum Gasteiger partial charge on any atom is -0.378 e. The summed E-state index contributed by atoms with van der Waals surface area (Å²) in [5.41, 5.74) is 0. The molecule has 0 amide bonds. The van der Waals surface area contributed by atoms with Gasteiger partial charge in [0.1, 0.15) is 0 Å². The lowest BCUT2D eigenvalue weighted by Gasteiger charge is -2.20. The number of hydrogen-bond acceptors (Lipinski definition) is 3. The van der Waals surface area contributed by atoms with E-state index in [1.54, 1.807) is 0 Å². The second kappa shape index (κ2) is 33.6. The third kappa shape index (κ3) is 31.1. The zero-order valence-corrected chi connectivity index (χ0v) is 29.6. The topological polar surface area (TPSA) is 24.1 Å². The molecule has 238 valence electrons. The van der Waals surface area contributed by atoms with Gasteiger partial charge in [0.2, 0.25) is 0 Å². The smallest absolute Gasteiger partial charge is 0.0756 e. The molecule has 0 aliphatic rings. The lowest BCUT2D eigenvalue weighted by molar-refractivity contribution is 0.540. The van der Waals surface area contributed by atoms with Crippen LogP contribution in [-0.2, 0) is 0 Å². The number of rotatable bonds is 32. The first-order chi connectivity index (χ1) is 19.6. The van der Waals surface area contributed by atoms with Gasteiger partial charge < -0.3 is 10.6 Å². The Morgan fingerprint density at radius 2 is 0.775 bits per heavy atom. The first-order valence-corrected chi connectivity index (χ1v) is 19.3. The van der Waals surface area contributed by atoms with Crippen LogP contribution >= 0.6 is 37.1 Å². The fourth-order valence-corrected chi connectivity index (χ4v) is 6.15. The van der Waals surface area contributed by atoms with Gasteiger partial charge in [-0.1, -0.05) is 192 Å². The minimum absolute atomic E-state index is 0.252. The van der Waals surface area contributed by atoms with Crippen molar-refractivity contribution in [3.63, 3.8) is 0 Å². The van der Waals surface area contributed by atoms with Crippen LogP contribution in [0.2, 0.25) is 0 Å². The summed E-state index contributed by atoms with van der Waals surface area (Å²) in [4.78, 5) is 1.99. The maximum Gasteiger partial charge on any atom is 0.0756 e. The summed E-state index contributed by atoms with van der Waals surface area (Å²) < 4.78 is 0. The highest BCUT2D eigenvalue weighted by Crippen LogP contribution is 2.14. The Labute approximate surface area is 268 Å². The van der Waals surface area contributed by atoms with Gasteiger partial charge in [0.25, 0.3) is 0 Å². The van der Waals surface area contributed by atoms with Gasteiger partial charge in [-0.15, -0.1) is 0 Å². The SMILES string of the molecule is CCCCCCCCCCCCCCCC(=S)NCC(CS)NC(=S)CCCCCCCCCCCCCCC. The van der Waals surface area contributed by atoms with Crippen LogP contribution in [0.5, 0.6) is 0 Å². The van der Waals surface area contributed by atoms with E-state index in [0.717, 1.165) is 35.1 Å². The molecule has 0 aliphatic carbocycles. The second-order valence-electron chi connectivity index (χ2n) is 12.2. The van der Waals surface area contributed by atoms with E-state index in [4.69, 9.17) is 24.4 Å². The Kier molecular flexibility index (Phi) is 33.7. The van der Waals surface area contributed by atoms with E-state index in [1.807, 2.05) is 0 Å². The molecule has 0 aromatic rings. The Bertz CT molecular complexity index is 541. The number of hydrogen-bond donors (Lipinski definition) is 3. The van der Waals surface area contributed by atoms with Crippen molar-refractivity contribution in [2.24, 2.45) is 0 Å². The van der Waals surface area contributed by atoms with Gasteiger partial charge >= 0.3 is 0 Å². The third-order valence-corrected chi connectivity index (χ3v) is 9.26. The van der Waals surface area contributed by atoms with E-state index in [9.17, 15) is 0 Å². The van der Waals surface area contributed by atoms with E-state index >= 15 is 0 Å². The summed E-state index contributed by atoms with van der Waals surface area (Å²) in [7, 11) is 0. The predicted molar refractivity (Wildman–Crippen MR) is 195 cm³/mol. The lowest BCUT2D eigenvalue weighted by Crippen LogP contribution is -2.43. The van der Waals surface area contributed by atoms with Gasteiger partial charge in [-0.2, -0.15) is 12.6 Å². The standard InChI is InChI=1S/C35H70N2S3/c1-3-5-7-9-11-13-15-17-19-21-23-25-27-29-34(39)36-31-33(32-38)37-35(40)30-28-26-24-22-20-18-16-14-12-10-8-6-4-2/h33,38H,3-32H2,1-2H3,(H,36,39)(H,37,40). The van der Waals surface area contributed by atoms with Crippen LogP contribution in [0.4, 0.5) is 0 Å². The van der Waals surface area contributed by atoms with Crippen LogP contribution in [-0.4, -0.2) is 28.3 Å². The number of nitrogens with one attached hydrogen (secondary N) is 2.